The number of aromatic nitrogens is 4. The largest absolute Gasteiger partial charge is 0.237 e. The predicted octanol–water partition coefficient (Wildman–Crippen LogP) is 6.94. The summed E-state index contributed by atoms with van der Waals surface area (Å²) >= 11 is 0. The quantitative estimate of drug-likeness (QED) is 0.288. The summed E-state index contributed by atoms with van der Waals surface area (Å²) in [5.74, 6) is 1.33. The van der Waals surface area contributed by atoms with E-state index in [1.807, 2.05) is 97.1 Å². The van der Waals surface area contributed by atoms with Crippen LogP contribution in [0.5, 0.6) is 0 Å². The van der Waals surface area contributed by atoms with Crippen LogP contribution in [0.2, 0.25) is 0 Å². The normalized spacial score (nSPS) is 11.3. The zero-order chi connectivity index (χ0) is 23.0. The molecule has 5 rings (SSSR count). The molecule has 0 saturated carbocycles. The van der Waals surface area contributed by atoms with Crippen molar-refractivity contribution in [3.63, 3.8) is 0 Å². The van der Waals surface area contributed by atoms with Gasteiger partial charge in [-0.3, -0.25) is 0 Å². The monoisotopic (exact) mass is 438 g/mol. The highest BCUT2D eigenvalue weighted by Gasteiger charge is 2.07. The van der Waals surface area contributed by atoms with Crippen LogP contribution >= 0.6 is 0 Å². The molecule has 0 N–H and O–H groups in total. The van der Waals surface area contributed by atoms with Gasteiger partial charge in [0.15, 0.2) is 11.6 Å². The lowest BCUT2D eigenvalue weighted by Crippen LogP contribution is -1.94. The first-order valence-electron chi connectivity index (χ1n) is 11.1. The van der Waals surface area contributed by atoms with Crippen molar-refractivity contribution in [1.82, 2.24) is 19.9 Å². The maximum absolute atomic E-state index is 4.72. The van der Waals surface area contributed by atoms with Gasteiger partial charge in [-0.05, 0) is 41.5 Å². The van der Waals surface area contributed by atoms with Gasteiger partial charge in [-0.1, -0.05) is 91.0 Å². The van der Waals surface area contributed by atoms with E-state index in [4.69, 9.17) is 9.97 Å². The molecule has 5 aromatic rings. The predicted molar refractivity (Wildman–Crippen MR) is 139 cm³/mol. The molecule has 2 heterocycles. The minimum atomic E-state index is 0.664. The standard InChI is InChI=1S/C30H22N4/c1-3-8-23(9-4-1)14-16-27-18-20-31-29(33-27)25-12-7-13-26(22-25)30-32-21-19-28(34-30)17-15-24-10-5-2-6-11-24/h1-22H. The third-order valence-electron chi connectivity index (χ3n) is 5.23. The Kier molecular flexibility index (Phi) is 6.40. The van der Waals surface area contributed by atoms with Gasteiger partial charge in [0, 0.05) is 23.5 Å². The molecular weight excluding hydrogens is 416 g/mol. The van der Waals surface area contributed by atoms with Gasteiger partial charge >= 0.3 is 0 Å². The molecular formula is C30H22N4. The molecule has 2 aromatic heterocycles. The van der Waals surface area contributed by atoms with E-state index >= 15 is 0 Å². The molecule has 4 heteroatoms. The lowest BCUT2D eigenvalue weighted by Gasteiger charge is -2.05. The summed E-state index contributed by atoms with van der Waals surface area (Å²) in [6, 6.07) is 32.1. The zero-order valence-electron chi connectivity index (χ0n) is 18.5. The van der Waals surface area contributed by atoms with E-state index in [-0.39, 0.29) is 0 Å². The van der Waals surface area contributed by atoms with Crippen LogP contribution in [0.1, 0.15) is 22.5 Å². The Morgan fingerprint density at radius 2 is 0.912 bits per heavy atom. The van der Waals surface area contributed by atoms with Crippen molar-refractivity contribution in [3.05, 3.63) is 132 Å². The van der Waals surface area contributed by atoms with Crippen molar-refractivity contribution in [2.24, 2.45) is 0 Å². The van der Waals surface area contributed by atoms with Gasteiger partial charge in [0.05, 0.1) is 11.4 Å². The van der Waals surface area contributed by atoms with Gasteiger partial charge in [0.2, 0.25) is 0 Å². The van der Waals surface area contributed by atoms with Gasteiger partial charge in [-0.25, -0.2) is 19.9 Å². The third kappa shape index (κ3) is 5.37. The second-order valence-electron chi connectivity index (χ2n) is 7.68. The number of benzene rings is 3. The lowest BCUT2D eigenvalue weighted by molar-refractivity contribution is 1.15. The molecule has 0 aliphatic carbocycles. The van der Waals surface area contributed by atoms with Gasteiger partial charge in [0.1, 0.15) is 0 Å². The Labute approximate surface area is 199 Å². The van der Waals surface area contributed by atoms with E-state index in [9.17, 15) is 0 Å². The highest BCUT2D eigenvalue weighted by Crippen LogP contribution is 2.23. The smallest absolute Gasteiger partial charge is 0.159 e. The van der Waals surface area contributed by atoms with Gasteiger partial charge < -0.3 is 0 Å². The molecule has 34 heavy (non-hydrogen) atoms. The van der Waals surface area contributed by atoms with Crippen LogP contribution < -0.4 is 0 Å². The van der Waals surface area contributed by atoms with Crippen LogP contribution in [0.15, 0.2) is 109 Å². The molecule has 0 unspecified atom stereocenters. The Bertz CT molecular complexity index is 1330. The van der Waals surface area contributed by atoms with Crippen LogP contribution in [0.3, 0.4) is 0 Å². The number of hydrogen-bond donors (Lipinski definition) is 0. The van der Waals surface area contributed by atoms with Crippen molar-refractivity contribution in [2.75, 3.05) is 0 Å². The van der Waals surface area contributed by atoms with Crippen molar-refractivity contribution >= 4 is 24.3 Å². The molecule has 0 spiro atoms. The van der Waals surface area contributed by atoms with Crippen molar-refractivity contribution in [2.45, 2.75) is 0 Å². The molecule has 3 aromatic carbocycles. The summed E-state index contributed by atoms with van der Waals surface area (Å²) in [6.07, 6.45) is 11.7. The SMILES string of the molecule is C(=Cc1ccnc(-c2cccc(-c3nccc(C=Cc4ccccc4)n3)c2)n1)c1ccccc1. The van der Waals surface area contributed by atoms with Crippen LogP contribution in [0, 0.1) is 0 Å². The second kappa shape index (κ2) is 10.3. The molecule has 0 atom stereocenters. The fourth-order valence-corrected chi connectivity index (χ4v) is 3.50. The van der Waals surface area contributed by atoms with Gasteiger partial charge in [0.25, 0.3) is 0 Å². The number of hydrogen-bond acceptors (Lipinski definition) is 4. The molecule has 0 aliphatic rings. The molecule has 0 amide bonds. The summed E-state index contributed by atoms with van der Waals surface area (Å²) in [5.41, 5.74) is 5.79. The first-order chi connectivity index (χ1) is 16.8. The topological polar surface area (TPSA) is 51.6 Å². The first kappa shape index (κ1) is 21.2. The lowest BCUT2D eigenvalue weighted by atomic mass is 10.1. The van der Waals surface area contributed by atoms with Crippen LogP contribution in [-0.2, 0) is 0 Å². The molecule has 0 radical (unpaired) electrons. The Hall–Kier alpha value is -4.70. The molecule has 0 saturated heterocycles. The Balaban J connectivity index is 1.39. The summed E-state index contributed by atoms with van der Waals surface area (Å²) in [5, 5.41) is 0. The molecule has 162 valence electrons. The van der Waals surface area contributed by atoms with Gasteiger partial charge in [-0.2, -0.15) is 0 Å². The number of rotatable bonds is 6. The summed E-state index contributed by atoms with van der Waals surface area (Å²) < 4.78 is 0. The van der Waals surface area contributed by atoms with Gasteiger partial charge in [-0.15, -0.1) is 0 Å². The van der Waals surface area contributed by atoms with E-state index < -0.39 is 0 Å². The molecule has 0 bridgehead atoms. The molecule has 0 fully saturated rings. The van der Waals surface area contributed by atoms with E-state index in [0.717, 1.165) is 33.6 Å². The third-order valence-corrected chi connectivity index (χ3v) is 5.23. The second-order valence-corrected chi connectivity index (χ2v) is 7.68. The summed E-state index contributed by atoms with van der Waals surface area (Å²) in [6.45, 7) is 0. The fraction of sp³-hybridized carbons (Fsp3) is 0. The van der Waals surface area contributed by atoms with Crippen molar-refractivity contribution in [1.29, 1.82) is 0 Å². The van der Waals surface area contributed by atoms with Crippen molar-refractivity contribution < 1.29 is 0 Å². The number of nitrogens with zero attached hydrogens (tertiary/aromatic N) is 4. The van der Waals surface area contributed by atoms with Crippen molar-refractivity contribution in [3.8, 4) is 22.8 Å². The Morgan fingerprint density at radius 3 is 1.38 bits per heavy atom. The van der Waals surface area contributed by atoms with E-state index in [1.54, 1.807) is 12.4 Å². The molecule has 0 aliphatic heterocycles. The minimum absolute atomic E-state index is 0.664. The summed E-state index contributed by atoms with van der Waals surface area (Å²) in [7, 11) is 0. The zero-order valence-corrected chi connectivity index (χ0v) is 18.5. The average Bonchev–Trinajstić information content (AvgIpc) is 2.92. The fourth-order valence-electron chi connectivity index (χ4n) is 3.50. The van der Waals surface area contributed by atoms with E-state index in [0.29, 0.717) is 11.6 Å². The first-order valence-corrected chi connectivity index (χ1v) is 11.1. The maximum Gasteiger partial charge on any atom is 0.159 e. The average molecular weight is 439 g/mol. The van der Waals surface area contributed by atoms with Crippen LogP contribution in [0.25, 0.3) is 47.1 Å². The van der Waals surface area contributed by atoms with E-state index in [2.05, 4.69) is 34.2 Å². The Morgan fingerprint density at radius 1 is 0.441 bits per heavy atom. The molecule has 4 nitrogen and oxygen atoms in total. The highest BCUT2D eigenvalue weighted by atomic mass is 14.9. The van der Waals surface area contributed by atoms with Crippen LogP contribution in [-0.4, -0.2) is 19.9 Å². The van der Waals surface area contributed by atoms with Crippen LogP contribution in [0.4, 0.5) is 0 Å². The highest BCUT2D eigenvalue weighted by molar-refractivity contribution is 5.71. The maximum atomic E-state index is 4.72. The van der Waals surface area contributed by atoms with E-state index in [1.165, 1.54) is 0 Å². The summed E-state index contributed by atoms with van der Waals surface area (Å²) in [4.78, 5) is 18.4. The minimum Gasteiger partial charge on any atom is -0.237 e.